The lowest BCUT2D eigenvalue weighted by molar-refractivity contribution is -0.126. The number of amides is 2. The Morgan fingerprint density at radius 3 is 2.41 bits per heavy atom. The fraction of sp³-hybridized carbons (Fsp3) is 0.391. The zero-order valence-corrected chi connectivity index (χ0v) is 17.7. The second kappa shape index (κ2) is 10.9. The van der Waals surface area contributed by atoms with Crippen molar-refractivity contribution in [3.8, 4) is 11.5 Å². The summed E-state index contributed by atoms with van der Waals surface area (Å²) < 4.78 is 47.6. The smallest absolute Gasteiger partial charge is 0.387 e. The molecular formula is C23H25F3N2O4. The molecule has 0 radical (unpaired) electrons. The minimum atomic E-state index is -2.96. The summed E-state index contributed by atoms with van der Waals surface area (Å²) in [5, 5.41) is 2.87. The Hall–Kier alpha value is -3.23. The molecule has 3 rings (SSSR count). The third-order valence-corrected chi connectivity index (χ3v) is 5.40. The molecule has 32 heavy (non-hydrogen) atoms. The van der Waals surface area contributed by atoms with Crippen LogP contribution >= 0.6 is 0 Å². The van der Waals surface area contributed by atoms with Gasteiger partial charge in [0.1, 0.15) is 5.82 Å². The van der Waals surface area contributed by atoms with Crippen LogP contribution in [0.2, 0.25) is 0 Å². The van der Waals surface area contributed by atoms with Gasteiger partial charge in [-0.3, -0.25) is 9.59 Å². The van der Waals surface area contributed by atoms with Crippen molar-refractivity contribution in [3.05, 3.63) is 59.4 Å². The van der Waals surface area contributed by atoms with E-state index in [9.17, 15) is 22.8 Å². The molecule has 1 saturated heterocycles. The number of rotatable bonds is 8. The summed E-state index contributed by atoms with van der Waals surface area (Å²) in [5.74, 6) is -0.726. The van der Waals surface area contributed by atoms with Crippen LogP contribution in [0.3, 0.4) is 0 Å². The van der Waals surface area contributed by atoms with Gasteiger partial charge in [-0.25, -0.2) is 4.39 Å². The van der Waals surface area contributed by atoms with Crippen molar-refractivity contribution in [2.24, 2.45) is 5.92 Å². The van der Waals surface area contributed by atoms with Gasteiger partial charge in [-0.15, -0.1) is 0 Å². The van der Waals surface area contributed by atoms with E-state index in [1.165, 1.54) is 37.4 Å². The van der Waals surface area contributed by atoms with Crippen molar-refractivity contribution in [1.82, 2.24) is 10.2 Å². The van der Waals surface area contributed by atoms with E-state index in [0.29, 0.717) is 44.5 Å². The van der Waals surface area contributed by atoms with Crippen molar-refractivity contribution in [2.75, 3.05) is 26.7 Å². The third kappa shape index (κ3) is 6.15. The molecule has 2 amide bonds. The number of carbonyl (C=O) groups excluding carboxylic acids is 2. The number of alkyl halides is 2. The maximum atomic E-state index is 13.0. The van der Waals surface area contributed by atoms with E-state index in [4.69, 9.17) is 4.74 Å². The van der Waals surface area contributed by atoms with Crippen molar-refractivity contribution >= 4 is 11.8 Å². The second-order valence-electron chi connectivity index (χ2n) is 7.48. The molecule has 172 valence electrons. The normalized spacial score (nSPS) is 14.3. The summed E-state index contributed by atoms with van der Waals surface area (Å²) >= 11 is 0. The minimum absolute atomic E-state index is 0.0514. The predicted octanol–water partition coefficient (Wildman–Crippen LogP) is 3.65. The summed E-state index contributed by atoms with van der Waals surface area (Å²) in [7, 11) is 1.37. The van der Waals surface area contributed by atoms with Crippen LogP contribution in [0.1, 0.15) is 28.8 Å². The van der Waals surface area contributed by atoms with E-state index in [-0.39, 0.29) is 29.2 Å². The minimum Gasteiger partial charge on any atom is -0.493 e. The number of nitrogens with zero attached hydrogens (tertiary/aromatic N) is 1. The van der Waals surface area contributed by atoms with Gasteiger partial charge < -0.3 is 19.7 Å². The van der Waals surface area contributed by atoms with Gasteiger partial charge in [0, 0.05) is 31.1 Å². The van der Waals surface area contributed by atoms with Crippen molar-refractivity contribution < 1.29 is 32.2 Å². The molecule has 1 heterocycles. The SMILES string of the molecule is COc1ccc(CCNC(=O)C2CCN(C(=O)c3ccc(F)cc3)CC2)cc1OC(F)F. The lowest BCUT2D eigenvalue weighted by Gasteiger charge is -2.31. The van der Waals surface area contributed by atoms with Gasteiger partial charge in [-0.1, -0.05) is 6.07 Å². The lowest BCUT2D eigenvalue weighted by atomic mass is 9.95. The fourth-order valence-electron chi connectivity index (χ4n) is 3.66. The first-order valence-electron chi connectivity index (χ1n) is 10.3. The number of likely N-dealkylation sites (tertiary alicyclic amines) is 1. The maximum Gasteiger partial charge on any atom is 0.387 e. The summed E-state index contributed by atoms with van der Waals surface area (Å²) in [6, 6.07) is 10.1. The molecule has 6 nitrogen and oxygen atoms in total. The first kappa shape index (κ1) is 23.4. The third-order valence-electron chi connectivity index (χ3n) is 5.40. The quantitative estimate of drug-likeness (QED) is 0.667. The number of carbonyl (C=O) groups is 2. The fourth-order valence-corrected chi connectivity index (χ4v) is 3.66. The highest BCUT2D eigenvalue weighted by molar-refractivity contribution is 5.94. The molecule has 0 spiro atoms. The van der Waals surface area contributed by atoms with Crippen molar-refractivity contribution in [2.45, 2.75) is 25.9 Å². The zero-order valence-electron chi connectivity index (χ0n) is 17.7. The van der Waals surface area contributed by atoms with E-state index >= 15 is 0 Å². The topological polar surface area (TPSA) is 67.9 Å². The molecule has 2 aromatic rings. The molecular weight excluding hydrogens is 425 g/mol. The second-order valence-corrected chi connectivity index (χ2v) is 7.48. The molecule has 0 unspecified atom stereocenters. The van der Waals surface area contributed by atoms with E-state index in [1.807, 2.05) is 0 Å². The molecule has 0 aromatic heterocycles. The molecule has 0 saturated carbocycles. The van der Waals surface area contributed by atoms with Crippen LogP contribution in [0.4, 0.5) is 13.2 Å². The molecule has 1 aliphatic rings. The van der Waals surface area contributed by atoms with Crippen LogP contribution in [-0.2, 0) is 11.2 Å². The van der Waals surface area contributed by atoms with E-state index in [0.717, 1.165) is 5.56 Å². The van der Waals surface area contributed by atoms with Crippen LogP contribution in [-0.4, -0.2) is 50.1 Å². The van der Waals surface area contributed by atoms with Gasteiger partial charge >= 0.3 is 6.61 Å². The molecule has 1 aliphatic heterocycles. The molecule has 2 aromatic carbocycles. The number of hydrogen-bond donors (Lipinski definition) is 1. The summed E-state index contributed by atoms with van der Waals surface area (Å²) in [4.78, 5) is 26.6. The zero-order chi connectivity index (χ0) is 23.1. The molecule has 0 bridgehead atoms. The highest BCUT2D eigenvalue weighted by Crippen LogP contribution is 2.29. The highest BCUT2D eigenvalue weighted by Gasteiger charge is 2.27. The van der Waals surface area contributed by atoms with Crippen LogP contribution in [0, 0.1) is 11.7 Å². The van der Waals surface area contributed by atoms with E-state index in [1.54, 1.807) is 17.0 Å². The van der Waals surface area contributed by atoms with Gasteiger partial charge in [0.2, 0.25) is 5.91 Å². The van der Waals surface area contributed by atoms with Crippen LogP contribution in [0.15, 0.2) is 42.5 Å². The monoisotopic (exact) mass is 450 g/mol. The number of benzene rings is 2. The van der Waals surface area contributed by atoms with Crippen LogP contribution < -0.4 is 14.8 Å². The highest BCUT2D eigenvalue weighted by atomic mass is 19.3. The molecule has 9 heteroatoms. The van der Waals surface area contributed by atoms with Gasteiger partial charge in [0.25, 0.3) is 5.91 Å². The van der Waals surface area contributed by atoms with Gasteiger partial charge in [0.05, 0.1) is 7.11 Å². The number of piperidine rings is 1. The van der Waals surface area contributed by atoms with Gasteiger partial charge in [-0.2, -0.15) is 8.78 Å². The number of ether oxygens (including phenoxy) is 2. The van der Waals surface area contributed by atoms with Crippen LogP contribution in [0.5, 0.6) is 11.5 Å². The predicted molar refractivity (Wildman–Crippen MR) is 111 cm³/mol. The molecule has 1 N–H and O–H groups in total. The summed E-state index contributed by atoms with van der Waals surface area (Å²) in [6.45, 7) is -1.73. The molecule has 1 fully saturated rings. The average molecular weight is 450 g/mol. The Kier molecular flexibility index (Phi) is 7.97. The number of nitrogens with one attached hydrogen (secondary N) is 1. The van der Waals surface area contributed by atoms with Crippen molar-refractivity contribution in [3.63, 3.8) is 0 Å². The Morgan fingerprint density at radius 2 is 1.78 bits per heavy atom. The first-order chi connectivity index (χ1) is 15.4. The number of halogens is 3. The Bertz CT molecular complexity index is 929. The van der Waals surface area contributed by atoms with Gasteiger partial charge in [-0.05, 0) is 61.2 Å². The van der Waals surface area contributed by atoms with Gasteiger partial charge in [0.15, 0.2) is 11.5 Å². The standard InChI is InChI=1S/C23H25F3N2O4/c1-31-19-7-2-15(14-20(19)32-23(25)26)8-11-27-21(29)16-9-12-28(13-10-16)22(30)17-3-5-18(24)6-4-17/h2-7,14,16,23H,8-13H2,1H3,(H,27,29). The largest absolute Gasteiger partial charge is 0.493 e. The first-order valence-corrected chi connectivity index (χ1v) is 10.3. The van der Waals surface area contributed by atoms with E-state index < -0.39 is 12.4 Å². The van der Waals surface area contributed by atoms with Crippen molar-refractivity contribution in [1.29, 1.82) is 0 Å². The summed E-state index contributed by atoms with van der Waals surface area (Å²) in [6.07, 6.45) is 1.51. The molecule has 0 atom stereocenters. The summed E-state index contributed by atoms with van der Waals surface area (Å²) in [5.41, 5.74) is 1.14. The number of hydrogen-bond acceptors (Lipinski definition) is 4. The number of methoxy groups -OCH3 is 1. The molecule has 0 aliphatic carbocycles. The maximum absolute atomic E-state index is 13.0. The Morgan fingerprint density at radius 1 is 1.09 bits per heavy atom. The van der Waals surface area contributed by atoms with E-state index in [2.05, 4.69) is 10.1 Å². The van der Waals surface area contributed by atoms with Crippen LogP contribution in [0.25, 0.3) is 0 Å². The Balaban J connectivity index is 1.45. The lowest BCUT2D eigenvalue weighted by Crippen LogP contribution is -2.43. The Labute approximate surface area is 184 Å². The average Bonchev–Trinajstić information content (AvgIpc) is 2.79.